The maximum Gasteiger partial charge on any atom is 0.273 e. The van der Waals surface area contributed by atoms with Gasteiger partial charge in [0, 0.05) is 42.7 Å². The Morgan fingerprint density at radius 3 is 2.41 bits per heavy atom. The molecule has 116 valence electrons. The predicted octanol–water partition coefficient (Wildman–Crippen LogP) is 3.23. The van der Waals surface area contributed by atoms with Crippen LogP contribution in [0.5, 0.6) is 0 Å². The second kappa shape index (κ2) is 6.54. The number of halogens is 2. The summed E-state index contributed by atoms with van der Waals surface area (Å²) in [5.41, 5.74) is 0.435. The van der Waals surface area contributed by atoms with E-state index in [1.54, 1.807) is 18.2 Å². The van der Waals surface area contributed by atoms with Gasteiger partial charge in [0.15, 0.2) is 5.13 Å². The molecule has 22 heavy (non-hydrogen) atoms. The van der Waals surface area contributed by atoms with Gasteiger partial charge in [0.2, 0.25) is 0 Å². The second-order valence-corrected chi connectivity index (χ2v) is 7.05. The Bertz CT molecular complexity index is 722. The first-order valence-corrected chi connectivity index (χ1v) is 8.52. The number of hydrogen-bond donors (Lipinski definition) is 0. The molecular formula is C15H15Cl2N3OS. The number of nitrogens with zero attached hydrogens (tertiary/aromatic N) is 3. The number of hydrogen-bond acceptors (Lipinski definition) is 5. The minimum atomic E-state index is -0.265. The van der Waals surface area contributed by atoms with Crippen molar-refractivity contribution in [3.05, 3.63) is 44.7 Å². The molecule has 2 heterocycles. The van der Waals surface area contributed by atoms with Crippen LogP contribution in [0.25, 0.3) is 10.4 Å². The fraction of sp³-hybridized carbons (Fsp3) is 0.333. The Balaban J connectivity index is 2.02. The van der Waals surface area contributed by atoms with Gasteiger partial charge >= 0.3 is 0 Å². The molecule has 1 aliphatic rings. The lowest BCUT2D eigenvalue weighted by molar-refractivity contribution is 0.312. The molecule has 1 aromatic carbocycles. The molecular weight excluding hydrogens is 341 g/mol. The topological polar surface area (TPSA) is 36.4 Å². The van der Waals surface area contributed by atoms with Gasteiger partial charge in [-0.1, -0.05) is 40.6 Å². The van der Waals surface area contributed by atoms with Crippen molar-refractivity contribution in [3.8, 4) is 10.4 Å². The van der Waals surface area contributed by atoms with Gasteiger partial charge in [-0.15, -0.1) is 0 Å². The van der Waals surface area contributed by atoms with E-state index in [1.165, 1.54) is 17.4 Å². The Morgan fingerprint density at radius 1 is 1.14 bits per heavy atom. The molecule has 2 aromatic rings. The maximum absolute atomic E-state index is 12.0. The molecule has 0 saturated carbocycles. The molecule has 0 N–H and O–H groups in total. The Hall–Kier alpha value is -1.14. The average molecular weight is 356 g/mol. The zero-order valence-electron chi connectivity index (χ0n) is 12.1. The zero-order chi connectivity index (χ0) is 15.7. The van der Waals surface area contributed by atoms with Crippen LogP contribution in [-0.2, 0) is 0 Å². The van der Waals surface area contributed by atoms with Crippen molar-refractivity contribution in [2.75, 3.05) is 38.1 Å². The molecule has 0 spiro atoms. The molecule has 4 nitrogen and oxygen atoms in total. The first kappa shape index (κ1) is 15.7. The lowest BCUT2D eigenvalue weighted by atomic mass is 10.2. The maximum atomic E-state index is 12.0. The Morgan fingerprint density at radius 2 is 1.77 bits per heavy atom. The van der Waals surface area contributed by atoms with Crippen molar-refractivity contribution in [2.24, 2.45) is 0 Å². The molecule has 0 bridgehead atoms. The van der Waals surface area contributed by atoms with Crippen LogP contribution in [0.2, 0.25) is 10.0 Å². The summed E-state index contributed by atoms with van der Waals surface area (Å²) < 4.78 is 0. The van der Waals surface area contributed by atoms with Gasteiger partial charge in [0.1, 0.15) is 0 Å². The number of rotatable bonds is 2. The standard InChI is InChI=1S/C15H15Cl2N3OS/c1-19-5-7-20(8-6-19)15-18-13(21)9-12(22-15)14-10(16)3-2-4-11(14)17/h2-4,9H,5-8H2,1H3. The zero-order valence-corrected chi connectivity index (χ0v) is 14.4. The van der Waals surface area contributed by atoms with Crippen molar-refractivity contribution in [2.45, 2.75) is 0 Å². The molecule has 1 aromatic heterocycles. The van der Waals surface area contributed by atoms with Crippen molar-refractivity contribution >= 4 is 39.7 Å². The minimum Gasteiger partial charge on any atom is -0.345 e. The van der Waals surface area contributed by atoms with Crippen LogP contribution >= 0.6 is 34.5 Å². The summed E-state index contributed by atoms with van der Waals surface area (Å²) in [6, 6.07) is 6.84. The summed E-state index contributed by atoms with van der Waals surface area (Å²) in [6.45, 7) is 3.64. The second-order valence-electron chi connectivity index (χ2n) is 5.23. The van der Waals surface area contributed by atoms with Crippen molar-refractivity contribution in [1.82, 2.24) is 9.88 Å². The lowest BCUT2D eigenvalue weighted by Gasteiger charge is -2.32. The molecule has 0 amide bonds. The van der Waals surface area contributed by atoms with Crippen molar-refractivity contribution < 1.29 is 0 Å². The van der Waals surface area contributed by atoms with E-state index >= 15 is 0 Å². The quantitative estimate of drug-likeness (QED) is 0.828. The van der Waals surface area contributed by atoms with Crippen LogP contribution in [0.4, 0.5) is 5.13 Å². The number of likely N-dealkylation sites (N-methyl/N-ethyl adjacent to an activating group) is 1. The molecule has 3 rings (SSSR count). The summed E-state index contributed by atoms with van der Waals surface area (Å²) in [5, 5.41) is 1.81. The molecule has 7 heteroatoms. The normalized spacial score (nSPS) is 16.0. The van der Waals surface area contributed by atoms with Gasteiger partial charge < -0.3 is 9.80 Å². The number of aromatic nitrogens is 1. The lowest BCUT2D eigenvalue weighted by Crippen LogP contribution is -2.44. The molecule has 0 radical (unpaired) electrons. The van der Waals surface area contributed by atoms with Crippen LogP contribution in [0.3, 0.4) is 0 Å². The van der Waals surface area contributed by atoms with Crippen LogP contribution in [0, 0.1) is 0 Å². The fourth-order valence-corrected chi connectivity index (χ4v) is 4.22. The van der Waals surface area contributed by atoms with Gasteiger partial charge in [0.05, 0.1) is 10.0 Å². The summed E-state index contributed by atoms with van der Waals surface area (Å²) in [4.78, 5) is 21.3. The SMILES string of the molecule is CN1CCN(c2nc(=O)cc(-c3c(Cl)cccc3Cl)s2)CC1. The van der Waals surface area contributed by atoms with E-state index in [0.29, 0.717) is 15.6 Å². The van der Waals surface area contributed by atoms with E-state index in [-0.39, 0.29) is 5.56 Å². The van der Waals surface area contributed by atoms with E-state index in [0.717, 1.165) is 36.2 Å². The largest absolute Gasteiger partial charge is 0.345 e. The van der Waals surface area contributed by atoms with Crippen molar-refractivity contribution in [1.29, 1.82) is 0 Å². The first-order chi connectivity index (χ1) is 10.5. The van der Waals surface area contributed by atoms with Crippen LogP contribution in [-0.4, -0.2) is 43.1 Å². The van der Waals surface area contributed by atoms with Gasteiger partial charge in [-0.05, 0) is 19.2 Å². The highest BCUT2D eigenvalue weighted by Gasteiger charge is 2.18. The van der Waals surface area contributed by atoms with Crippen LogP contribution < -0.4 is 10.5 Å². The number of piperazine rings is 1. The van der Waals surface area contributed by atoms with Gasteiger partial charge in [-0.2, -0.15) is 4.98 Å². The highest BCUT2D eigenvalue weighted by Crippen LogP contribution is 2.38. The van der Waals surface area contributed by atoms with E-state index in [9.17, 15) is 4.79 Å². The van der Waals surface area contributed by atoms with Gasteiger partial charge in [-0.25, -0.2) is 0 Å². The number of benzene rings is 1. The van der Waals surface area contributed by atoms with E-state index in [1.807, 2.05) is 0 Å². The molecule has 0 unspecified atom stereocenters. The van der Waals surface area contributed by atoms with Crippen LogP contribution in [0.15, 0.2) is 29.1 Å². The summed E-state index contributed by atoms with van der Waals surface area (Å²) >= 11 is 14.0. The Labute approximate surface area is 142 Å². The molecule has 0 aliphatic carbocycles. The third-order valence-corrected chi connectivity index (χ3v) is 5.35. The average Bonchev–Trinajstić information content (AvgIpc) is 2.47. The van der Waals surface area contributed by atoms with Gasteiger partial charge in [-0.3, -0.25) is 4.79 Å². The summed E-state index contributed by atoms with van der Waals surface area (Å²) in [5.74, 6) is 0. The van der Waals surface area contributed by atoms with E-state index in [4.69, 9.17) is 23.2 Å². The third-order valence-electron chi connectivity index (χ3n) is 3.64. The van der Waals surface area contributed by atoms with Crippen LogP contribution in [0.1, 0.15) is 0 Å². The van der Waals surface area contributed by atoms with Gasteiger partial charge in [0.25, 0.3) is 5.56 Å². The van der Waals surface area contributed by atoms with E-state index in [2.05, 4.69) is 21.8 Å². The fourth-order valence-electron chi connectivity index (χ4n) is 2.38. The summed E-state index contributed by atoms with van der Waals surface area (Å²) in [7, 11) is 2.09. The minimum absolute atomic E-state index is 0.265. The predicted molar refractivity (Wildman–Crippen MR) is 93.6 cm³/mol. The monoisotopic (exact) mass is 355 g/mol. The van der Waals surface area contributed by atoms with E-state index < -0.39 is 0 Å². The molecule has 1 fully saturated rings. The van der Waals surface area contributed by atoms with Crippen molar-refractivity contribution in [3.63, 3.8) is 0 Å². The number of anilines is 1. The Kier molecular flexibility index (Phi) is 4.68. The first-order valence-electron chi connectivity index (χ1n) is 6.94. The third kappa shape index (κ3) is 3.27. The molecule has 1 saturated heterocycles. The molecule has 0 atom stereocenters. The summed E-state index contributed by atoms with van der Waals surface area (Å²) in [6.07, 6.45) is 0. The smallest absolute Gasteiger partial charge is 0.273 e. The highest BCUT2D eigenvalue weighted by molar-refractivity contribution is 7.18. The molecule has 1 aliphatic heterocycles. The highest BCUT2D eigenvalue weighted by atomic mass is 35.5.